The summed E-state index contributed by atoms with van der Waals surface area (Å²) in [5.74, 6) is -0.343. The van der Waals surface area contributed by atoms with Gasteiger partial charge in [0, 0.05) is 11.6 Å². The minimum atomic E-state index is -0.453. The monoisotopic (exact) mass is 406 g/mol. The van der Waals surface area contributed by atoms with Crippen molar-refractivity contribution >= 4 is 46.9 Å². The van der Waals surface area contributed by atoms with Crippen LogP contribution in [-0.4, -0.2) is 51.4 Å². The van der Waals surface area contributed by atoms with Gasteiger partial charge in [0.25, 0.3) is 5.91 Å². The molecule has 0 saturated carbocycles. The Balaban J connectivity index is 1.73. The summed E-state index contributed by atoms with van der Waals surface area (Å²) in [6.45, 7) is 4.46. The number of fused-ring (bicyclic) bond motifs is 1. The lowest BCUT2D eigenvalue weighted by Crippen LogP contribution is -2.57. The van der Waals surface area contributed by atoms with E-state index in [2.05, 4.69) is 5.32 Å². The highest BCUT2D eigenvalue weighted by atomic mass is 35.5. The molecule has 2 aliphatic rings. The highest BCUT2D eigenvalue weighted by molar-refractivity contribution is 8.04. The van der Waals surface area contributed by atoms with Crippen LogP contribution in [0.5, 0.6) is 0 Å². The first kappa shape index (κ1) is 19.6. The van der Waals surface area contributed by atoms with Crippen LogP contribution in [0.3, 0.4) is 0 Å². The quantitative estimate of drug-likeness (QED) is 0.737. The van der Waals surface area contributed by atoms with E-state index in [9.17, 15) is 14.4 Å². The van der Waals surface area contributed by atoms with Gasteiger partial charge in [-0.25, -0.2) is 4.79 Å². The van der Waals surface area contributed by atoms with Crippen LogP contribution in [0.25, 0.3) is 0 Å². The summed E-state index contributed by atoms with van der Waals surface area (Å²) in [5.41, 5.74) is 1.49. The Kier molecular flexibility index (Phi) is 6.01. The van der Waals surface area contributed by atoms with Crippen molar-refractivity contribution in [3.63, 3.8) is 0 Å². The molecule has 142 valence electrons. The molecule has 0 aromatic heterocycles. The second-order valence-corrected chi connectivity index (χ2v) is 8.31. The Morgan fingerprint density at radius 2 is 2.00 bits per heavy atom. The van der Waals surface area contributed by atoms with E-state index in [4.69, 9.17) is 11.6 Å². The van der Waals surface area contributed by atoms with Crippen LogP contribution in [0, 0.1) is 5.92 Å². The number of allylic oxidation sites excluding steroid dienone is 1. The first-order valence-electron chi connectivity index (χ1n) is 8.69. The molecule has 0 bridgehead atoms. The molecule has 2 aliphatic heterocycles. The number of amides is 4. The third-order valence-electron chi connectivity index (χ3n) is 4.24. The van der Waals surface area contributed by atoms with Crippen molar-refractivity contribution in [2.45, 2.75) is 25.6 Å². The van der Waals surface area contributed by atoms with Gasteiger partial charge in [-0.3, -0.25) is 4.79 Å². The fraction of sp³-hybridized carbons (Fsp3) is 0.368. The third-order valence-corrected chi connectivity index (χ3v) is 5.50. The molecule has 3 rings (SSSR count). The van der Waals surface area contributed by atoms with E-state index < -0.39 is 11.3 Å². The van der Waals surface area contributed by atoms with Crippen LogP contribution in [0.1, 0.15) is 19.4 Å². The van der Waals surface area contributed by atoms with Gasteiger partial charge in [0.15, 0.2) is 11.8 Å². The Morgan fingerprint density at radius 3 is 2.67 bits per heavy atom. The molecule has 1 aromatic carbocycles. The Bertz CT molecular complexity index is 833. The number of benzene rings is 1. The maximum atomic E-state index is 12.8. The first-order valence-corrected chi connectivity index (χ1v) is 10.0. The van der Waals surface area contributed by atoms with Crippen molar-refractivity contribution in [1.82, 2.24) is 10.2 Å². The van der Waals surface area contributed by atoms with Gasteiger partial charge in [-0.05, 0) is 35.1 Å². The van der Waals surface area contributed by atoms with Crippen LogP contribution >= 0.6 is 23.4 Å². The average molecular weight is 407 g/mol. The standard InChI is InChI=1S/C19H20ClN3O3S/c1-12(2)10-23-18(25)17-15(7-8-27-17)22(19(23)26)11-16(24)21-9-13-3-5-14(20)6-4-13/h3-8,12,17H,9-11H2,1-2H3/p+1. The zero-order valence-electron chi connectivity index (χ0n) is 15.1. The number of carbonyl (C=O) groups excluding carboxylic acids is 3. The largest absolute Gasteiger partial charge is 0.501 e. The highest BCUT2D eigenvalue weighted by Crippen LogP contribution is 2.28. The molecule has 0 aliphatic carbocycles. The van der Waals surface area contributed by atoms with Gasteiger partial charge >= 0.3 is 11.9 Å². The second kappa shape index (κ2) is 8.27. The van der Waals surface area contributed by atoms with Crippen LogP contribution in [0.2, 0.25) is 5.02 Å². The average Bonchev–Trinajstić information content (AvgIpc) is 3.11. The number of nitrogens with one attached hydrogen (secondary N) is 1. The van der Waals surface area contributed by atoms with E-state index >= 15 is 0 Å². The maximum absolute atomic E-state index is 12.8. The van der Waals surface area contributed by atoms with Gasteiger partial charge in [0.05, 0.1) is 6.54 Å². The Hall–Kier alpha value is -2.12. The van der Waals surface area contributed by atoms with E-state index in [1.165, 1.54) is 21.2 Å². The lowest BCUT2D eigenvalue weighted by Gasteiger charge is -2.25. The van der Waals surface area contributed by atoms with Crippen LogP contribution in [0.4, 0.5) is 4.79 Å². The molecule has 1 aromatic rings. The molecule has 8 heteroatoms. The Morgan fingerprint density at radius 1 is 1.30 bits per heavy atom. The maximum Gasteiger partial charge on any atom is 0.501 e. The molecule has 0 saturated heterocycles. The van der Waals surface area contributed by atoms with E-state index in [0.717, 1.165) is 5.56 Å². The molecule has 0 fully saturated rings. The molecular weight excluding hydrogens is 386 g/mol. The predicted molar refractivity (Wildman–Crippen MR) is 106 cm³/mol. The van der Waals surface area contributed by atoms with Gasteiger partial charge in [-0.2, -0.15) is 14.3 Å². The topological polar surface area (TPSA) is 69.5 Å². The summed E-state index contributed by atoms with van der Waals surface area (Å²) in [4.78, 5) is 39.1. The summed E-state index contributed by atoms with van der Waals surface area (Å²) in [6.07, 6.45) is 1.74. The first-order chi connectivity index (χ1) is 12.9. The molecule has 27 heavy (non-hydrogen) atoms. The molecular formula is C19H21ClN3O3S+. The van der Waals surface area contributed by atoms with Crippen LogP contribution in [-0.2, 0) is 16.1 Å². The summed E-state index contributed by atoms with van der Waals surface area (Å²) in [5, 5.41) is 4.78. The summed E-state index contributed by atoms with van der Waals surface area (Å²) < 4.78 is 1.40. The summed E-state index contributed by atoms with van der Waals surface area (Å²) in [6, 6.07) is 6.74. The van der Waals surface area contributed by atoms with E-state index in [1.54, 1.807) is 23.6 Å². The summed E-state index contributed by atoms with van der Waals surface area (Å²) >= 11 is 7.22. The number of thioether (sulfide) groups is 1. The smallest absolute Gasteiger partial charge is 0.349 e. The number of halogens is 1. The SMILES string of the molecule is CC(C)CN1C(=O)C2SC=CC2=[N+](CC(=O)NCc2ccc(Cl)cc2)C1=O. The number of hydrogen-bond acceptors (Lipinski definition) is 4. The lowest BCUT2D eigenvalue weighted by atomic mass is 10.1. The lowest BCUT2D eigenvalue weighted by molar-refractivity contribution is -0.426. The Labute approximate surface area is 167 Å². The molecule has 1 N–H and O–H groups in total. The van der Waals surface area contributed by atoms with Crippen molar-refractivity contribution in [2.24, 2.45) is 5.92 Å². The molecule has 0 spiro atoms. The number of nitrogens with zero attached hydrogens (tertiary/aromatic N) is 2. The zero-order valence-corrected chi connectivity index (χ0v) is 16.7. The second-order valence-electron chi connectivity index (χ2n) is 6.86. The zero-order chi connectivity index (χ0) is 19.6. The number of hydrogen-bond donors (Lipinski definition) is 1. The van der Waals surface area contributed by atoms with E-state index in [-0.39, 0.29) is 24.3 Å². The number of imide groups is 1. The van der Waals surface area contributed by atoms with Gasteiger partial charge in [-0.1, -0.05) is 37.6 Å². The highest BCUT2D eigenvalue weighted by Gasteiger charge is 2.49. The van der Waals surface area contributed by atoms with E-state index in [0.29, 0.717) is 23.8 Å². The minimum Gasteiger partial charge on any atom is -0.349 e. The molecule has 1 atom stereocenters. The fourth-order valence-electron chi connectivity index (χ4n) is 2.95. The molecule has 2 heterocycles. The molecule has 4 amide bonds. The molecule has 1 unspecified atom stereocenters. The van der Waals surface area contributed by atoms with Crippen molar-refractivity contribution in [3.8, 4) is 0 Å². The summed E-state index contributed by atoms with van der Waals surface area (Å²) in [7, 11) is 0. The number of rotatable bonds is 6. The van der Waals surface area contributed by atoms with Gasteiger partial charge in [-0.15, -0.1) is 11.8 Å². The third kappa shape index (κ3) is 4.42. The van der Waals surface area contributed by atoms with Gasteiger partial charge < -0.3 is 5.32 Å². The number of carbonyl (C=O) groups is 3. The van der Waals surface area contributed by atoms with E-state index in [1.807, 2.05) is 26.0 Å². The van der Waals surface area contributed by atoms with Crippen molar-refractivity contribution in [3.05, 3.63) is 46.3 Å². The fourth-order valence-corrected chi connectivity index (χ4v) is 4.04. The van der Waals surface area contributed by atoms with Gasteiger partial charge in [0.2, 0.25) is 0 Å². The van der Waals surface area contributed by atoms with Crippen molar-refractivity contribution in [1.29, 1.82) is 0 Å². The number of urea groups is 1. The minimum absolute atomic E-state index is 0.120. The van der Waals surface area contributed by atoms with Crippen molar-refractivity contribution < 1.29 is 19.0 Å². The van der Waals surface area contributed by atoms with Crippen LogP contribution in [0.15, 0.2) is 35.7 Å². The van der Waals surface area contributed by atoms with Gasteiger partial charge in [0.1, 0.15) is 5.71 Å². The molecule has 0 radical (unpaired) electrons. The molecule has 6 nitrogen and oxygen atoms in total. The normalized spacial score (nSPS) is 19.1. The van der Waals surface area contributed by atoms with Crippen molar-refractivity contribution in [2.75, 3.05) is 13.1 Å². The van der Waals surface area contributed by atoms with Crippen LogP contribution < -0.4 is 5.32 Å². The predicted octanol–water partition coefficient (Wildman–Crippen LogP) is 2.66.